The zero-order chi connectivity index (χ0) is 22.0. The zero-order valence-corrected chi connectivity index (χ0v) is 17.5. The Hall–Kier alpha value is -3.93. The summed E-state index contributed by atoms with van der Waals surface area (Å²) in [6.07, 6.45) is 1.60. The average molecular weight is 415 g/mol. The van der Waals surface area contributed by atoms with E-state index in [1.165, 1.54) is 12.1 Å². The van der Waals surface area contributed by atoms with Crippen LogP contribution in [0.2, 0.25) is 0 Å². The Bertz CT molecular complexity index is 1290. The molecule has 0 saturated heterocycles. The van der Waals surface area contributed by atoms with Crippen molar-refractivity contribution in [2.45, 2.75) is 13.8 Å². The molecule has 1 amide bonds. The van der Waals surface area contributed by atoms with Crippen molar-refractivity contribution in [3.05, 3.63) is 95.1 Å². The molecule has 4 rings (SSSR count). The van der Waals surface area contributed by atoms with Gasteiger partial charge in [-0.2, -0.15) is 5.10 Å². The first-order valence-electron chi connectivity index (χ1n) is 9.83. The summed E-state index contributed by atoms with van der Waals surface area (Å²) >= 11 is 0. The molecule has 0 aliphatic rings. The molecule has 0 spiro atoms. The van der Waals surface area contributed by atoms with E-state index in [9.17, 15) is 9.18 Å². The molecular weight excluding hydrogens is 393 g/mol. The summed E-state index contributed by atoms with van der Waals surface area (Å²) in [5.41, 5.74) is 6.31. The molecule has 1 N–H and O–H groups in total. The molecule has 3 aromatic carbocycles. The molecule has 0 aliphatic carbocycles. The van der Waals surface area contributed by atoms with Crippen LogP contribution in [0, 0.1) is 19.7 Å². The Morgan fingerprint density at radius 3 is 2.55 bits per heavy atom. The van der Waals surface area contributed by atoms with Gasteiger partial charge in [-0.05, 0) is 61.0 Å². The number of aryl methyl sites for hydroxylation is 1. The minimum absolute atomic E-state index is 0.303. The fourth-order valence-electron chi connectivity index (χ4n) is 3.78. The second kappa shape index (κ2) is 8.44. The lowest BCUT2D eigenvalue weighted by molar-refractivity contribution is 0.0954. The van der Waals surface area contributed by atoms with Crippen LogP contribution in [0.3, 0.4) is 0 Å². The van der Waals surface area contributed by atoms with E-state index >= 15 is 0 Å². The lowest BCUT2D eigenvalue weighted by Gasteiger charge is -2.10. The maximum atomic E-state index is 13.3. The van der Waals surface area contributed by atoms with Crippen LogP contribution >= 0.6 is 0 Å². The molecule has 1 aromatic heterocycles. The summed E-state index contributed by atoms with van der Waals surface area (Å²) < 4.78 is 20.6. The Morgan fingerprint density at radius 1 is 1.06 bits per heavy atom. The highest BCUT2D eigenvalue weighted by molar-refractivity contribution is 6.03. The van der Waals surface area contributed by atoms with Crippen molar-refractivity contribution in [2.24, 2.45) is 5.10 Å². The van der Waals surface area contributed by atoms with E-state index in [2.05, 4.69) is 10.5 Å². The highest BCUT2D eigenvalue weighted by atomic mass is 19.1. The van der Waals surface area contributed by atoms with Crippen LogP contribution in [0.5, 0.6) is 5.75 Å². The van der Waals surface area contributed by atoms with Crippen molar-refractivity contribution in [3.63, 3.8) is 0 Å². The summed E-state index contributed by atoms with van der Waals surface area (Å²) in [6, 6.07) is 19.7. The van der Waals surface area contributed by atoms with Crippen molar-refractivity contribution in [2.75, 3.05) is 7.11 Å². The van der Waals surface area contributed by atoms with Gasteiger partial charge in [-0.3, -0.25) is 4.79 Å². The maximum absolute atomic E-state index is 13.3. The smallest absolute Gasteiger partial charge is 0.273 e. The molecule has 5 nitrogen and oxygen atoms in total. The third-order valence-corrected chi connectivity index (χ3v) is 5.27. The number of hydrogen-bond acceptors (Lipinski definition) is 3. The first-order valence-corrected chi connectivity index (χ1v) is 9.83. The molecule has 1 heterocycles. The van der Waals surface area contributed by atoms with Gasteiger partial charge in [0.1, 0.15) is 11.6 Å². The number of halogens is 1. The number of methoxy groups -OCH3 is 1. The van der Waals surface area contributed by atoms with Crippen LogP contribution in [0.4, 0.5) is 4.39 Å². The van der Waals surface area contributed by atoms with E-state index in [4.69, 9.17) is 4.74 Å². The monoisotopic (exact) mass is 415 g/mol. The molecule has 0 aliphatic heterocycles. The van der Waals surface area contributed by atoms with Crippen LogP contribution in [0.1, 0.15) is 27.3 Å². The third kappa shape index (κ3) is 3.92. The van der Waals surface area contributed by atoms with Gasteiger partial charge >= 0.3 is 0 Å². The number of aromatic nitrogens is 1. The minimum atomic E-state index is -0.322. The van der Waals surface area contributed by atoms with Crippen molar-refractivity contribution in [1.82, 2.24) is 9.99 Å². The van der Waals surface area contributed by atoms with E-state index in [1.54, 1.807) is 31.5 Å². The van der Waals surface area contributed by atoms with Crippen LogP contribution in [0.15, 0.2) is 71.8 Å². The summed E-state index contributed by atoms with van der Waals surface area (Å²) in [4.78, 5) is 12.8. The van der Waals surface area contributed by atoms with E-state index in [0.717, 1.165) is 33.4 Å². The van der Waals surface area contributed by atoms with Crippen LogP contribution in [0.25, 0.3) is 16.5 Å². The maximum Gasteiger partial charge on any atom is 0.273 e. The number of carbonyl (C=O) groups excluding carboxylic acids is 1. The SMILES string of the molecule is COc1ccc2ccccc2c1/C=N/NC(=O)c1cc(C)n(-c2ccc(F)cc2)c1C. The van der Waals surface area contributed by atoms with Crippen LogP contribution in [-0.2, 0) is 0 Å². The lowest BCUT2D eigenvalue weighted by Crippen LogP contribution is -2.18. The summed E-state index contributed by atoms with van der Waals surface area (Å²) in [7, 11) is 1.60. The summed E-state index contributed by atoms with van der Waals surface area (Å²) in [5, 5.41) is 6.21. The number of rotatable bonds is 5. The molecular formula is C25H22FN3O2. The van der Waals surface area contributed by atoms with Gasteiger partial charge in [-0.1, -0.05) is 30.3 Å². The van der Waals surface area contributed by atoms with Crippen molar-refractivity contribution < 1.29 is 13.9 Å². The normalized spacial score (nSPS) is 11.2. The lowest BCUT2D eigenvalue weighted by atomic mass is 10.0. The van der Waals surface area contributed by atoms with Gasteiger partial charge in [0.15, 0.2) is 0 Å². The zero-order valence-electron chi connectivity index (χ0n) is 17.5. The Morgan fingerprint density at radius 2 is 1.81 bits per heavy atom. The predicted octanol–water partition coefficient (Wildman–Crippen LogP) is 5.16. The topological polar surface area (TPSA) is 55.6 Å². The number of fused-ring (bicyclic) bond motifs is 1. The molecule has 31 heavy (non-hydrogen) atoms. The predicted molar refractivity (Wildman–Crippen MR) is 121 cm³/mol. The fourth-order valence-corrected chi connectivity index (χ4v) is 3.78. The van der Waals surface area contributed by atoms with Gasteiger partial charge < -0.3 is 9.30 Å². The van der Waals surface area contributed by atoms with E-state index < -0.39 is 0 Å². The highest BCUT2D eigenvalue weighted by Crippen LogP contribution is 2.26. The quantitative estimate of drug-likeness (QED) is 0.362. The second-order valence-electron chi connectivity index (χ2n) is 7.20. The first-order chi connectivity index (χ1) is 15.0. The van der Waals surface area contributed by atoms with Gasteiger partial charge in [-0.25, -0.2) is 9.82 Å². The Kier molecular flexibility index (Phi) is 5.54. The summed E-state index contributed by atoms with van der Waals surface area (Å²) in [6.45, 7) is 3.75. The van der Waals surface area contributed by atoms with E-state index in [1.807, 2.05) is 54.8 Å². The molecule has 0 fully saturated rings. The first kappa shape index (κ1) is 20.3. The molecule has 0 saturated carbocycles. The van der Waals surface area contributed by atoms with Crippen molar-refractivity contribution in [3.8, 4) is 11.4 Å². The van der Waals surface area contributed by atoms with Gasteiger partial charge in [0.2, 0.25) is 0 Å². The third-order valence-electron chi connectivity index (χ3n) is 5.27. The number of nitrogens with zero attached hydrogens (tertiary/aromatic N) is 2. The van der Waals surface area contributed by atoms with Gasteiger partial charge in [0.05, 0.1) is 18.9 Å². The summed E-state index contributed by atoms with van der Waals surface area (Å²) in [5.74, 6) is 0.0467. The number of carbonyl (C=O) groups is 1. The van der Waals surface area contributed by atoms with Crippen LogP contribution < -0.4 is 10.2 Å². The number of benzene rings is 3. The highest BCUT2D eigenvalue weighted by Gasteiger charge is 2.16. The number of hydrazone groups is 1. The molecule has 6 heteroatoms. The molecule has 0 unspecified atom stereocenters. The molecule has 4 aromatic rings. The number of hydrogen-bond donors (Lipinski definition) is 1. The standard InChI is InChI=1S/C25H22FN3O2/c1-16-14-22(17(2)29(16)20-11-9-19(26)10-12-20)25(30)28-27-15-23-21-7-5-4-6-18(21)8-13-24(23)31-3/h4-15H,1-3H3,(H,28,30)/b27-15+. The van der Waals surface area contributed by atoms with Gasteiger partial charge in [-0.15, -0.1) is 0 Å². The van der Waals surface area contributed by atoms with Crippen molar-refractivity contribution in [1.29, 1.82) is 0 Å². The number of ether oxygens (including phenoxy) is 1. The number of amides is 1. The van der Waals surface area contributed by atoms with Crippen LogP contribution in [-0.4, -0.2) is 23.8 Å². The molecule has 0 bridgehead atoms. The van der Waals surface area contributed by atoms with E-state index in [-0.39, 0.29) is 11.7 Å². The van der Waals surface area contributed by atoms with E-state index in [0.29, 0.717) is 11.3 Å². The average Bonchev–Trinajstić information content (AvgIpc) is 3.08. The van der Waals surface area contributed by atoms with Gasteiger partial charge in [0, 0.05) is 22.6 Å². The molecule has 0 atom stereocenters. The second-order valence-corrected chi connectivity index (χ2v) is 7.20. The fraction of sp³-hybridized carbons (Fsp3) is 0.120. The largest absolute Gasteiger partial charge is 0.496 e. The minimum Gasteiger partial charge on any atom is -0.496 e. The molecule has 156 valence electrons. The molecule has 0 radical (unpaired) electrons. The number of nitrogens with one attached hydrogen (secondary N) is 1. The van der Waals surface area contributed by atoms with Gasteiger partial charge in [0.25, 0.3) is 5.91 Å². The van der Waals surface area contributed by atoms with Crippen molar-refractivity contribution >= 4 is 22.9 Å². The Labute approximate surface area is 179 Å². The Balaban J connectivity index is 1.60.